The van der Waals surface area contributed by atoms with Crippen LogP contribution < -0.4 is 10.5 Å². The van der Waals surface area contributed by atoms with E-state index in [0.717, 1.165) is 17.9 Å². The zero-order valence-corrected chi connectivity index (χ0v) is 12.5. The fourth-order valence-corrected chi connectivity index (χ4v) is 2.28. The first kappa shape index (κ1) is 15.7. The second-order valence-corrected chi connectivity index (χ2v) is 6.62. The molecule has 6 nitrogen and oxygen atoms in total. The van der Waals surface area contributed by atoms with Crippen molar-refractivity contribution in [1.29, 1.82) is 0 Å². The van der Waals surface area contributed by atoms with E-state index in [9.17, 15) is 13.2 Å². The Hall–Kier alpha value is -1.34. The quantitative estimate of drug-likeness (QED) is 0.827. The number of hydrogen-bond donors (Lipinski definition) is 2. The van der Waals surface area contributed by atoms with Crippen LogP contribution in [0, 0.1) is 13.8 Å². The summed E-state index contributed by atoms with van der Waals surface area (Å²) in [6.45, 7) is 8.07. The lowest BCUT2D eigenvalue weighted by Gasteiger charge is -2.10. The van der Waals surface area contributed by atoms with Crippen molar-refractivity contribution in [1.82, 2.24) is 9.88 Å². The maximum atomic E-state index is 12.0. The lowest BCUT2D eigenvalue weighted by atomic mass is 10.2. The monoisotopic (exact) mass is 287 g/mol. The first-order chi connectivity index (χ1) is 8.68. The molecule has 0 aliphatic carbocycles. The molecule has 1 aromatic rings. The molecule has 1 aromatic heterocycles. The van der Waals surface area contributed by atoms with Crippen LogP contribution in [0.1, 0.15) is 35.6 Å². The highest BCUT2D eigenvalue weighted by atomic mass is 32.2. The largest absolute Gasteiger partial charge is 0.351 e. The number of sulfonamides is 1. The summed E-state index contributed by atoms with van der Waals surface area (Å²) in [5, 5.41) is 6.80. The molecule has 3 N–H and O–H groups in total. The molecule has 0 aliphatic rings. The molecule has 7 heteroatoms. The van der Waals surface area contributed by atoms with Gasteiger partial charge in [0, 0.05) is 24.5 Å². The van der Waals surface area contributed by atoms with Gasteiger partial charge >= 0.3 is 0 Å². The number of nitrogens with two attached hydrogens (primary N) is 1. The zero-order chi connectivity index (χ0) is 14.8. The third-order valence-corrected chi connectivity index (χ3v) is 4.53. The van der Waals surface area contributed by atoms with Crippen molar-refractivity contribution in [3.63, 3.8) is 0 Å². The number of carbonyl (C=O) groups is 1. The number of aryl methyl sites for hydroxylation is 1. The number of aromatic nitrogens is 1. The van der Waals surface area contributed by atoms with E-state index >= 15 is 0 Å². The van der Waals surface area contributed by atoms with Gasteiger partial charge in [-0.25, -0.2) is 13.6 Å². The van der Waals surface area contributed by atoms with Crippen molar-refractivity contribution in [3.8, 4) is 0 Å². The van der Waals surface area contributed by atoms with Gasteiger partial charge in [0.25, 0.3) is 5.91 Å². The third kappa shape index (κ3) is 3.57. The van der Waals surface area contributed by atoms with Gasteiger partial charge in [0.1, 0.15) is 0 Å². The summed E-state index contributed by atoms with van der Waals surface area (Å²) in [5.41, 5.74) is 2.45. The summed E-state index contributed by atoms with van der Waals surface area (Å²) < 4.78 is 24.2. The number of primary sulfonamides is 1. The van der Waals surface area contributed by atoms with Crippen LogP contribution in [-0.2, 0) is 16.6 Å². The number of hydrogen-bond acceptors (Lipinski definition) is 3. The van der Waals surface area contributed by atoms with Crippen LogP contribution in [0.15, 0.2) is 6.07 Å². The van der Waals surface area contributed by atoms with Crippen molar-refractivity contribution in [3.05, 3.63) is 23.0 Å². The molecule has 0 saturated carbocycles. The van der Waals surface area contributed by atoms with Crippen molar-refractivity contribution in [2.45, 2.75) is 39.5 Å². The van der Waals surface area contributed by atoms with Crippen molar-refractivity contribution < 1.29 is 13.2 Å². The number of amides is 1. The van der Waals surface area contributed by atoms with Crippen LogP contribution in [0.25, 0.3) is 0 Å². The van der Waals surface area contributed by atoms with Gasteiger partial charge in [0.15, 0.2) is 0 Å². The van der Waals surface area contributed by atoms with Gasteiger partial charge in [-0.1, -0.05) is 0 Å². The first-order valence-electron chi connectivity index (χ1n) is 6.15. The molecule has 0 radical (unpaired) electrons. The average Bonchev–Trinajstić information content (AvgIpc) is 2.59. The molecule has 0 saturated heterocycles. The van der Waals surface area contributed by atoms with Gasteiger partial charge in [-0.15, -0.1) is 0 Å². The Morgan fingerprint density at radius 2 is 2.05 bits per heavy atom. The molecule has 0 aliphatic heterocycles. The predicted molar refractivity (Wildman–Crippen MR) is 74.5 cm³/mol. The standard InChI is InChI=1S/C12H21N3O3S/c1-5-15-8(2)6-11(10(15)4)12(16)14-7-9(3)19(13,17)18/h6,9H,5,7H2,1-4H3,(H,14,16)(H2,13,17,18). The van der Waals surface area contributed by atoms with E-state index < -0.39 is 15.3 Å². The van der Waals surface area contributed by atoms with E-state index in [4.69, 9.17) is 5.14 Å². The lowest BCUT2D eigenvalue weighted by Crippen LogP contribution is -2.38. The molecule has 108 valence electrons. The van der Waals surface area contributed by atoms with Gasteiger partial charge in [0.05, 0.1) is 10.8 Å². The fourth-order valence-electron chi connectivity index (χ4n) is 1.97. The Morgan fingerprint density at radius 3 is 2.47 bits per heavy atom. The highest BCUT2D eigenvalue weighted by Gasteiger charge is 2.19. The topological polar surface area (TPSA) is 94.2 Å². The van der Waals surface area contributed by atoms with Crippen LogP contribution in [0.3, 0.4) is 0 Å². The molecule has 0 fully saturated rings. The molecule has 0 spiro atoms. The molecule has 1 rings (SSSR count). The smallest absolute Gasteiger partial charge is 0.253 e. The van der Waals surface area contributed by atoms with Crippen LogP contribution in [-0.4, -0.2) is 30.7 Å². The molecule has 1 atom stereocenters. The lowest BCUT2D eigenvalue weighted by molar-refractivity contribution is 0.0953. The van der Waals surface area contributed by atoms with Gasteiger partial charge in [0.2, 0.25) is 10.0 Å². The highest BCUT2D eigenvalue weighted by molar-refractivity contribution is 7.89. The van der Waals surface area contributed by atoms with E-state index in [1.165, 1.54) is 6.92 Å². The molecule has 0 bridgehead atoms. The first-order valence-corrected chi connectivity index (χ1v) is 7.76. The van der Waals surface area contributed by atoms with Gasteiger partial charge in [-0.2, -0.15) is 0 Å². The Morgan fingerprint density at radius 1 is 1.47 bits per heavy atom. The normalized spacial score (nSPS) is 13.3. The van der Waals surface area contributed by atoms with Crippen LogP contribution in [0.5, 0.6) is 0 Å². The van der Waals surface area contributed by atoms with Crippen molar-refractivity contribution in [2.24, 2.45) is 5.14 Å². The van der Waals surface area contributed by atoms with Crippen molar-refractivity contribution in [2.75, 3.05) is 6.54 Å². The summed E-state index contributed by atoms with van der Waals surface area (Å²) >= 11 is 0. The van der Waals surface area contributed by atoms with Gasteiger partial charge in [-0.05, 0) is 33.8 Å². The number of rotatable bonds is 5. The molecule has 1 unspecified atom stereocenters. The summed E-state index contributed by atoms with van der Waals surface area (Å²) in [5.74, 6) is -0.275. The Labute approximate surface area is 114 Å². The Balaban J connectivity index is 2.80. The summed E-state index contributed by atoms with van der Waals surface area (Å²) in [6, 6.07) is 1.80. The van der Waals surface area contributed by atoms with E-state index in [1.807, 2.05) is 25.3 Å². The molecular weight excluding hydrogens is 266 g/mol. The second-order valence-electron chi connectivity index (χ2n) is 4.64. The minimum Gasteiger partial charge on any atom is -0.351 e. The zero-order valence-electron chi connectivity index (χ0n) is 11.7. The average molecular weight is 287 g/mol. The molecule has 19 heavy (non-hydrogen) atoms. The van der Waals surface area contributed by atoms with E-state index in [-0.39, 0.29) is 12.5 Å². The van der Waals surface area contributed by atoms with E-state index in [2.05, 4.69) is 5.32 Å². The van der Waals surface area contributed by atoms with Crippen LogP contribution >= 0.6 is 0 Å². The van der Waals surface area contributed by atoms with Crippen LogP contribution in [0.2, 0.25) is 0 Å². The summed E-state index contributed by atoms with van der Waals surface area (Å²) in [4.78, 5) is 12.0. The fraction of sp³-hybridized carbons (Fsp3) is 0.583. The Kier molecular flexibility index (Phi) is 4.75. The minimum absolute atomic E-state index is 0.00740. The maximum Gasteiger partial charge on any atom is 0.253 e. The second kappa shape index (κ2) is 5.75. The number of nitrogens with one attached hydrogen (secondary N) is 1. The number of carbonyl (C=O) groups excluding carboxylic acids is 1. The molecular formula is C12H21N3O3S. The molecule has 1 heterocycles. The summed E-state index contributed by atoms with van der Waals surface area (Å²) in [7, 11) is -3.62. The highest BCUT2D eigenvalue weighted by Crippen LogP contribution is 2.14. The number of nitrogens with zero attached hydrogens (tertiary/aromatic N) is 1. The SMILES string of the molecule is CCn1c(C)cc(C(=O)NCC(C)S(N)(=O)=O)c1C. The van der Waals surface area contributed by atoms with Crippen LogP contribution in [0.4, 0.5) is 0 Å². The van der Waals surface area contributed by atoms with Crippen molar-refractivity contribution >= 4 is 15.9 Å². The molecule has 0 aromatic carbocycles. The Bertz CT molecular complexity index is 575. The molecule has 1 amide bonds. The maximum absolute atomic E-state index is 12.0. The van der Waals surface area contributed by atoms with E-state index in [1.54, 1.807) is 6.07 Å². The summed E-state index contributed by atoms with van der Waals surface area (Å²) in [6.07, 6.45) is 0. The third-order valence-electron chi connectivity index (χ3n) is 3.25. The minimum atomic E-state index is -3.62. The van der Waals surface area contributed by atoms with Gasteiger partial charge in [-0.3, -0.25) is 4.79 Å². The van der Waals surface area contributed by atoms with E-state index in [0.29, 0.717) is 5.56 Å². The predicted octanol–water partition coefficient (Wildman–Crippen LogP) is 0.532. The van der Waals surface area contributed by atoms with Gasteiger partial charge < -0.3 is 9.88 Å².